The van der Waals surface area contributed by atoms with Crippen LogP contribution in [0.25, 0.3) is 0 Å². The van der Waals surface area contributed by atoms with E-state index in [0.717, 1.165) is 25.8 Å². The predicted octanol–water partition coefficient (Wildman–Crippen LogP) is 1.91. The fourth-order valence-electron chi connectivity index (χ4n) is 1.57. The third-order valence-corrected chi connectivity index (χ3v) is 2.55. The number of hydrogen-bond donors (Lipinski definition) is 2. The van der Waals surface area contributed by atoms with Crippen LogP contribution >= 0.6 is 0 Å². The monoisotopic (exact) mass is 214 g/mol. The van der Waals surface area contributed by atoms with Crippen molar-refractivity contribution < 1.29 is 4.79 Å². The minimum atomic E-state index is 0.00838. The number of carbonyl (C=O) groups excluding carboxylic acids is 1. The molecule has 0 aromatic rings. The molecule has 0 rings (SSSR count). The SMILES string of the molecule is CCCC(CN)C(=O)NCCCC(C)C. The van der Waals surface area contributed by atoms with Gasteiger partial charge in [-0.1, -0.05) is 27.2 Å². The summed E-state index contributed by atoms with van der Waals surface area (Å²) in [4.78, 5) is 11.6. The molecule has 3 nitrogen and oxygen atoms in total. The minimum absolute atomic E-state index is 0.00838. The predicted molar refractivity (Wildman–Crippen MR) is 64.5 cm³/mol. The maximum absolute atomic E-state index is 11.6. The van der Waals surface area contributed by atoms with Gasteiger partial charge in [0.2, 0.25) is 5.91 Å². The van der Waals surface area contributed by atoms with Gasteiger partial charge in [-0.05, 0) is 25.2 Å². The van der Waals surface area contributed by atoms with E-state index in [4.69, 9.17) is 5.73 Å². The summed E-state index contributed by atoms with van der Waals surface area (Å²) < 4.78 is 0. The molecule has 0 aromatic heterocycles. The van der Waals surface area contributed by atoms with Crippen LogP contribution in [0.3, 0.4) is 0 Å². The van der Waals surface area contributed by atoms with E-state index in [0.29, 0.717) is 12.5 Å². The Morgan fingerprint density at radius 3 is 2.47 bits per heavy atom. The molecule has 0 bridgehead atoms. The summed E-state index contributed by atoms with van der Waals surface area (Å²) in [7, 11) is 0. The Bertz CT molecular complexity index is 169. The van der Waals surface area contributed by atoms with Gasteiger partial charge in [-0.2, -0.15) is 0 Å². The summed E-state index contributed by atoms with van der Waals surface area (Å²) in [6.45, 7) is 7.72. The number of amides is 1. The van der Waals surface area contributed by atoms with E-state index in [1.165, 1.54) is 6.42 Å². The molecule has 0 aromatic carbocycles. The van der Waals surface area contributed by atoms with Gasteiger partial charge in [-0.3, -0.25) is 4.79 Å². The highest BCUT2D eigenvalue weighted by molar-refractivity contribution is 5.78. The highest BCUT2D eigenvalue weighted by Gasteiger charge is 2.14. The molecule has 0 aliphatic rings. The third-order valence-electron chi connectivity index (χ3n) is 2.55. The molecule has 0 radical (unpaired) electrons. The Balaban J connectivity index is 3.62. The molecule has 3 N–H and O–H groups in total. The van der Waals surface area contributed by atoms with Gasteiger partial charge in [0.05, 0.1) is 5.92 Å². The van der Waals surface area contributed by atoms with Gasteiger partial charge in [-0.15, -0.1) is 0 Å². The highest BCUT2D eigenvalue weighted by atomic mass is 16.1. The second kappa shape index (κ2) is 8.72. The van der Waals surface area contributed by atoms with Crippen molar-refractivity contribution in [2.24, 2.45) is 17.6 Å². The van der Waals surface area contributed by atoms with Crippen LogP contribution in [-0.4, -0.2) is 19.0 Å². The van der Waals surface area contributed by atoms with Crippen LogP contribution in [0.5, 0.6) is 0 Å². The molecular weight excluding hydrogens is 188 g/mol. The molecule has 0 heterocycles. The van der Waals surface area contributed by atoms with Gasteiger partial charge in [0.1, 0.15) is 0 Å². The Labute approximate surface area is 93.8 Å². The first-order chi connectivity index (χ1) is 7.11. The van der Waals surface area contributed by atoms with Crippen LogP contribution in [0, 0.1) is 11.8 Å². The molecule has 3 heteroatoms. The van der Waals surface area contributed by atoms with E-state index < -0.39 is 0 Å². The third kappa shape index (κ3) is 7.37. The van der Waals surface area contributed by atoms with E-state index in [2.05, 4.69) is 26.1 Å². The highest BCUT2D eigenvalue weighted by Crippen LogP contribution is 2.05. The molecule has 1 atom stereocenters. The second-order valence-electron chi connectivity index (χ2n) is 4.55. The molecule has 0 aliphatic carbocycles. The van der Waals surface area contributed by atoms with Gasteiger partial charge >= 0.3 is 0 Å². The largest absolute Gasteiger partial charge is 0.356 e. The quantitative estimate of drug-likeness (QED) is 0.606. The van der Waals surface area contributed by atoms with E-state index in [1.54, 1.807) is 0 Å². The van der Waals surface area contributed by atoms with Gasteiger partial charge in [0.15, 0.2) is 0 Å². The number of carbonyl (C=O) groups is 1. The summed E-state index contributed by atoms with van der Waals surface area (Å²) in [5.74, 6) is 0.847. The Hall–Kier alpha value is -0.570. The molecule has 0 aliphatic heterocycles. The normalized spacial score (nSPS) is 12.9. The summed E-state index contributed by atoms with van der Waals surface area (Å²) in [6.07, 6.45) is 4.14. The van der Waals surface area contributed by atoms with Crippen molar-refractivity contribution in [3.8, 4) is 0 Å². The fourth-order valence-corrected chi connectivity index (χ4v) is 1.57. The van der Waals surface area contributed by atoms with Crippen LogP contribution in [0.15, 0.2) is 0 Å². The first-order valence-corrected chi connectivity index (χ1v) is 6.09. The first-order valence-electron chi connectivity index (χ1n) is 6.09. The molecule has 90 valence electrons. The zero-order chi connectivity index (χ0) is 11.7. The minimum Gasteiger partial charge on any atom is -0.356 e. The summed E-state index contributed by atoms with van der Waals surface area (Å²) in [5.41, 5.74) is 5.55. The molecule has 0 saturated carbocycles. The molecule has 0 spiro atoms. The van der Waals surface area contributed by atoms with Crippen molar-refractivity contribution in [2.75, 3.05) is 13.1 Å². The maximum Gasteiger partial charge on any atom is 0.224 e. The lowest BCUT2D eigenvalue weighted by atomic mass is 10.0. The number of nitrogens with one attached hydrogen (secondary N) is 1. The number of hydrogen-bond acceptors (Lipinski definition) is 2. The number of rotatable bonds is 8. The Kier molecular flexibility index (Phi) is 8.38. The van der Waals surface area contributed by atoms with Crippen LogP contribution in [0.1, 0.15) is 46.5 Å². The molecule has 1 unspecified atom stereocenters. The fraction of sp³-hybridized carbons (Fsp3) is 0.917. The standard InChI is InChI=1S/C12H26N2O/c1-4-6-11(9-13)12(15)14-8-5-7-10(2)3/h10-11H,4-9,13H2,1-3H3,(H,14,15). The molecule has 1 amide bonds. The Morgan fingerprint density at radius 1 is 1.33 bits per heavy atom. The van der Waals surface area contributed by atoms with Crippen molar-refractivity contribution in [3.05, 3.63) is 0 Å². The summed E-state index contributed by atoms with van der Waals surface area (Å²) in [5, 5.41) is 2.95. The molecular formula is C12H26N2O. The van der Waals surface area contributed by atoms with Crippen LogP contribution in [0.2, 0.25) is 0 Å². The van der Waals surface area contributed by atoms with Gasteiger partial charge in [0.25, 0.3) is 0 Å². The number of nitrogens with two attached hydrogens (primary N) is 1. The van der Waals surface area contributed by atoms with Gasteiger partial charge in [0, 0.05) is 13.1 Å². The van der Waals surface area contributed by atoms with Crippen molar-refractivity contribution in [1.29, 1.82) is 0 Å². The molecule has 15 heavy (non-hydrogen) atoms. The average Bonchev–Trinajstić information content (AvgIpc) is 2.20. The van der Waals surface area contributed by atoms with Gasteiger partial charge < -0.3 is 11.1 Å². The smallest absolute Gasteiger partial charge is 0.224 e. The van der Waals surface area contributed by atoms with Crippen LogP contribution < -0.4 is 11.1 Å². The van der Waals surface area contributed by atoms with Crippen molar-refractivity contribution in [2.45, 2.75) is 46.5 Å². The van der Waals surface area contributed by atoms with Crippen LogP contribution in [-0.2, 0) is 4.79 Å². The van der Waals surface area contributed by atoms with Gasteiger partial charge in [-0.25, -0.2) is 0 Å². The first kappa shape index (κ1) is 14.4. The maximum atomic E-state index is 11.6. The molecule has 0 fully saturated rings. The summed E-state index contributed by atoms with van der Waals surface area (Å²) >= 11 is 0. The van der Waals surface area contributed by atoms with E-state index in [9.17, 15) is 4.79 Å². The van der Waals surface area contributed by atoms with E-state index in [1.807, 2.05) is 0 Å². The van der Waals surface area contributed by atoms with E-state index >= 15 is 0 Å². The lowest BCUT2D eigenvalue weighted by Crippen LogP contribution is -2.35. The van der Waals surface area contributed by atoms with Crippen molar-refractivity contribution in [3.63, 3.8) is 0 Å². The average molecular weight is 214 g/mol. The zero-order valence-electron chi connectivity index (χ0n) is 10.4. The second-order valence-corrected chi connectivity index (χ2v) is 4.55. The van der Waals surface area contributed by atoms with Crippen molar-refractivity contribution >= 4 is 5.91 Å². The lowest BCUT2D eigenvalue weighted by Gasteiger charge is -2.14. The Morgan fingerprint density at radius 2 is 2.00 bits per heavy atom. The van der Waals surface area contributed by atoms with Crippen molar-refractivity contribution in [1.82, 2.24) is 5.32 Å². The summed E-state index contributed by atoms with van der Waals surface area (Å²) in [6, 6.07) is 0. The molecule has 0 saturated heterocycles. The zero-order valence-corrected chi connectivity index (χ0v) is 10.4. The lowest BCUT2D eigenvalue weighted by molar-refractivity contribution is -0.124. The van der Waals surface area contributed by atoms with E-state index in [-0.39, 0.29) is 11.8 Å². The van der Waals surface area contributed by atoms with Crippen LogP contribution in [0.4, 0.5) is 0 Å². The topological polar surface area (TPSA) is 55.1 Å².